The van der Waals surface area contributed by atoms with Crippen LogP contribution in [0.5, 0.6) is 0 Å². The quantitative estimate of drug-likeness (QED) is 0.732. The van der Waals surface area contributed by atoms with Crippen LogP contribution in [0, 0.1) is 0 Å². The molecule has 1 aliphatic heterocycles. The van der Waals surface area contributed by atoms with E-state index < -0.39 is 13.7 Å². The Morgan fingerprint density at radius 1 is 1.69 bits per heavy atom. The monoisotopic (exact) mass is 244 g/mol. The molecule has 2 atom stereocenters. The third kappa shape index (κ3) is 2.63. The molecule has 2 heterocycles. The van der Waals surface area contributed by atoms with Gasteiger partial charge in [-0.15, -0.1) is 4.52 Å². The number of rotatable bonds is 2. The zero-order valence-electron chi connectivity index (χ0n) is 8.41. The maximum atomic E-state index is 11.4. The number of aromatic nitrogens is 2. The van der Waals surface area contributed by atoms with E-state index in [-0.39, 0.29) is 24.9 Å². The molecule has 1 aromatic heterocycles. The van der Waals surface area contributed by atoms with E-state index in [0.717, 1.165) is 0 Å². The summed E-state index contributed by atoms with van der Waals surface area (Å²) in [5.41, 5.74) is 4.93. The maximum Gasteiger partial charge on any atom is 0.537 e. The second-order valence-corrected chi connectivity index (χ2v) is 4.52. The molecule has 0 aliphatic carbocycles. The predicted octanol–water partition coefficient (Wildman–Crippen LogP) is -0.0592. The Labute approximate surface area is 92.1 Å². The topological polar surface area (TPSA) is 96.4 Å². The van der Waals surface area contributed by atoms with E-state index >= 15 is 0 Å². The predicted molar refractivity (Wildman–Crippen MR) is 56.2 cm³/mol. The van der Waals surface area contributed by atoms with Crippen molar-refractivity contribution in [1.29, 1.82) is 0 Å². The summed E-state index contributed by atoms with van der Waals surface area (Å²) in [7, 11) is -1.70. The van der Waals surface area contributed by atoms with Crippen molar-refractivity contribution in [3.8, 4) is 0 Å². The molecule has 2 rings (SSSR count). The molecular weight excluding hydrogens is 233 g/mol. The van der Waals surface area contributed by atoms with Gasteiger partial charge >= 0.3 is 13.7 Å². The van der Waals surface area contributed by atoms with Crippen LogP contribution in [0.15, 0.2) is 17.1 Å². The fourth-order valence-electron chi connectivity index (χ4n) is 1.32. The molecule has 1 aliphatic rings. The van der Waals surface area contributed by atoms with Crippen LogP contribution in [-0.4, -0.2) is 28.6 Å². The average Bonchev–Trinajstić information content (AvgIpc) is 2.25. The van der Waals surface area contributed by atoms with E-state index in [1.807, 2.05) is 0 Å². The summed E-state index contributed by atoms with van der Waals surface area (Å²) in [6, 6.07) is 1.53. The molecule has 16 heavy (non-hydrogen) atoms. The van der Waals surface area contributed by atoms with Crippen LogP contribution in [-0.2, 0) is 20.4 Å². The maximum absolute atomic E-state index is 11.4. The van der Waals surface area contributed by atoms with Crippen molar-refractivity contribution in [3.05, 3.63) is 22.7 Å². The van der Waals surface area contributed by atoms with Crippen LogP contribution in [0.25, 0.3) is 0 Å². The lowest BCUT2D eigenvalue weighted by Crippen LogP contribution is -2.33. The molecule has 0 amide bonds. The Morgan fingerprint density at radius 2 is 2.50 bits per heavy atom. The Balaban J connectivity index is 2.04. The Hall–Kier alpha value is -1.30. The molecule has 0 spiro atoms. The van der Waals surface area contributed by atoms with E-state index in [4.69, 9.17) is 15.0 Å². The molecule has 7 nitrogen and oxygen atoms in total. The van der Waals surface area contributed by atoms with Gasteiger partial charge in [0.1, 0.15) is 18.5 Å². The molecule has 0 bridgehead atoms. The van der Waals surface area contributed by atoms with Gasteiger partial charge in [-0.2, -0.15) is 4.98 Å². The number of ether oxygens (including phenoxy) is 1. The first-order valence-electron chi connectivity index (χ1n) is 4.67. The molecule has 0 aromatic carbocycles. The first kappa shape index (κ1) is 11.2. The van der Waals surface area contributed by atoms with Crippen molar-refractivity contribution in [2.24, 2.45) is 0 Å². The Bertz CT molecular complexity index is 451. The second kappa shape index (κ2) is 4.69. The second-order valence-electron chi connectivity index (χ2n) is 3.33. The summed E-state index contributed by atoms with van der Waals surface area (Å²) in [5, 5.41) is 0. The van der Waals surface area contributed by atoms with Gasteiger partial charge in [-0.1, -0.05) is 0 Å². The molecule has 1 fully saturated rings. The molecule has 8 heteroatoms. The normalized spacial score (nSPS) is 23.2. The van der Waals surface area contributed by atoms with Crippen LogP contribution in [0.4, 0.5) is 5.82 Å². The van der Waals surface area contributed by atoms with Crippen molar-refractivity contribution >= 4 is 13.8 Å². The zero-order chi connectivity index (χ0) is 11.5. The Kier molecular flexibility index (Phi) is 3.28. The average molecular weight is 244 g/mol. The highest BCUT2D eigenvalue weighted by Gasteiger charge is 2.30. The van der Waals surface area contributed by atoms with E-state index in [2.05, 4.69) is 4.98 Å². The summed E-state index contributed by atoms with van der Waals surface area (Å²) < 4.78 is 22.5. The summed E-state index contributed by atoms with van der Waals surface area (Å²) in [5.74, 6) is 0.185. The van der Waals surface area contributed by atoms with Gasteiger partial charge in [0.15, 0.2) is 0 Å². The number of nitrogens with zero attached hydrogens (tertiary/aromatic N) is 2. The minimum atomic E-state index is -1.70. The van der Waals surface area contributed by atoms with Gasteiger partial charge in [-0.3, -0.25) is 4.57 Å². The number of anilines is 1. The molecule has 0 saturated carbocycles. The lowest BCUT2D eigenvalue weighted by Gasteiger charge is -2.16. The highest BCUT2D eigenvalue weighted by molar-refractivity contribution is 7.38. The molecule has 1 unspecified atom stereocenters. The van der Waals surface area contributed by atoms with Gasteiger partial charge in [0, 0.05) is 6.20 Å². The molecule has 0 radical (unpaired) electrons. The standard InChI is InChI=1S/C8H10N3O4P/c9-7-1-2-11(8(12)10-7)3-6-4-15-16(13)5-14-6/h1-2,6H,3-5H2,(H-,9,10,12)/p+1/t6-/m0/s1. The lowest BCUT2D eigenvalue weighted by molar-refractivity contribution is 0.00800. The smallest absolute Gasteiger partial charge is 0.383 e. The van der Waals surface area contributed by atoms with Crippen LogP contribution >= 0.6 is 8.03 Å². The van der Waals surface area contributed by atoms with Crippen LogP contribution in [0.3, 0.4) is 0 Å². The fourth-order valence-corrected chi connectivity index (χ4v) is 2.06. The fraction of sp³-hybridized carbons (Fsp3) is 0.500. The van der Waals surface area contributed by atoms with Gasteiger partial charge in [-0.05, 0) is 10.6 Å². The van der Waals surface area contributed by atoms with Crippen molar-refractivity contribution in [2.45, 2.75) is 12.6 Å². The van der Waals surface area contributed by atoms with Crippen molar-refractivity contribution in [1.82, 2.24) is 9.55 Å². The summed E-state index contributed by atoms with van der Waals surface area (Å²) in [6.07, 6.45) is 1.33. The van der Waals surface area contributed by atoms with Gasteiger partial charge in [0.05, 0.1) is 6.54 Å². The minimum absolute atomic E-state index is 0.0666. The van der Waals surface area contributed by atoms with E-state index in [1.54, 1.807) is 6.20 Å². The molecule has 1 saturated heterocycles. The third-order valence-corrected chi connectivity index (χ3v) is 2.91. The van der Waals surface area contributed by atoms with Crippen molar-refractivity contribution in [2.75, 3.05) is 18.7 Å². The SMILES string of the molecule is Nc1ccn(C[C@H]2CO[P+](=O)CO2)c(=O)n1. The summed E-state index contributed by atoms with van der Waals surface area (Å²) >= 11 is 0. The van der Waals surface area contributed by atoms with Crippen molar-refractivity contribution < 1.29 is 13.8 Å². The first-order valence-corrected chi connectivity index (χ1v) is 6.03. The highest BCUT2D eigenvalue weighted by Crippen LogP contribution is 2.27. The number of nitrogen functional groups attached to an aromatic ring is 1. The van der Waals surface area contributed by atoms with Gasteiger partial charge in [-0.25, -0.2) is 4.79 Å². The van der Waals surface area contributed by atoms with Crippen LogP contribution in [0.1, 0.15) is 0 Å². The Morgan fingerprint density at radius 3 is 3.12 bits per heavy atom. The third-order valence-electron chi connectivity index (χ3n) is 2.12. The lowest BCUT2D eigenvalue weighted by atomic mass is 10.3. The van der Waals surface area contributed by atoms with Crippen molar-refractivity contribution in [3.63, 3.8) is 0 Å². The van der Waals surface area contributed by atoms with E-state index in [0.29, 0.717) is 6.54 Å². The largest absolute Gasteiger partial charge is 0.537 e. The van der Waals surface area contributed by atoms with Gasteiger partial charge < -0.3 is 10.5 Å². The summed E-state index contributed by atoms with van der Waals surface area (Å²) in [6.45, 7) is 0.529. The molecule has 2 N–H and O–H groups in total. The van der Waals surface area contributed by atoms with Gasteiger partial charge in [0.25, 0.3) is 6.35 Å². The highest BCUT2D eigenvalue weighted by atomic mass is 31.1. The zero-order valence-corrected chi connectivity index (χ0v) is 9.30. The van der Waals surface area contributed by atoms with E-state index in [1.165, 1.54) is 10.6 Å². The number of hydrogen-bond donors (Lipinski definition) is 1. The summed E-state index contributed by atoms with van der Waals surface area (Å²) in [4.78, 5) is 15.0. The van der Waals surface area contributed by atoms with Crippen LogP contribution in [0.2, 0.25) is 0 Å². The van der Waals surface area contributed by atoms with E-state index in [9.17, 15) is 9.36 Å². The number of nitrogens with two attached hydrogens (primary N) is 1. The van der Waals surface area contributed by atoms with Gasteiger partial charge in [0.2, 0.25) is 0 Å². The number of hydrogen-bond acceptors (Lipinski definition) is 6. The first-order chi connectivity index (χ1) is 7.65. The minimum Gasteiger partial charge on any atom is -0.383 e. The molecule has 1 aromatic rings. The van der Waals surface area contributed by atoms with Crippen LogP contribution < -0.4 is 11.4 Å². The molecular formula is C8H11N3O4P+. The molecule has 86 valence electrons.